The van der Waals surface area contributed by atoms with Gasteiger partial charge in [-0.05, 0) is 36.4 Å². The van der Waals surface area contributed by atoms with Gasteiger partial charge in [0.25, 0.3) is 5.91 Å². The number of ether oxygens (including phenoxy) is 5. The van der Waals surface area contributed by atoms with Gasteiger partial charge in [0.1, 0.15) is 28.7 Å². The first kappa shape index (κ1) is 25.9. The fraction of sp³-hybridized carbons (Fsp3) is 0.200. The lowest BCUT2D eigenvalue weighted by molar-refractivity contribution is -0.131. The van der Waals surface area contributed by atoms with Crippen LogP contribution in [0.15, 0.2) is 60.7 Å². The summed E-state index contributed by atoms with van der Waals surface area (Å²) in [6, 6.07) is 16.8. The highest BCUT2D eigenvalue weighted by Crippen LogP contribution is 2.30. The SMILES string of the molecule is COc1ccc(OC)c(N)c1.COc1ccc(OC)c(NC(=O)c2ccccc2OC(C)=O)c1. The smallest absolute Gasteiger partial charge is 0.308 e. The molecule has 180 valence electrons. The van der Waals surface area contributed by atoms with Crippen LogP contribution in [0.2, 0.25) is 0 Å². The van der Waals surface area contributed by atoms with Crippen LogP contribution in [0.25, 0.3) is 0 Å². The molecule has 0 heterocycles. The Morgan fingerprint density at radius 2 is 1.32 bits per heavy atom. The number of benzene rings is 3. The molecule has 0 unspecified atom stereocenters. The van der Waals surface area contributed by atoms with Crippen LogP contribution in [-0.2, 0) is 4.79 Å². The number of hydrogen-bond acceptors (Lipinski definition) is 8. The molecule has 0 atom stereocenters. The molecule has 1 amide bonds. The lowest BCUT2D eigenvalue weighted by Gasteiger charge is -2.13. The molecule has 0 bridgehead atoms. The Labute approximate surface area is 198 Å². The maximum absolute atomic E-state index is 12.5. The second-order valence-electron chi connectivity index (χ2n) is 6.72. The van der Waals surface area contributed by atoms with Crippen molar-refractivity contribution in [1.82, 2.24) is 0 Å². The van der Waals surface area contributed by atoms with Crippen molar-refractivity contribution in [1.29, 1.82) is 0 Å². The normalized spacial score (nSPS) is 9.68. The molecule has 9 heteroatoms. The Hall–Kier alpha value is -4.40. The van der Waals surface area contributed by atoms with Crippen LogP contribution in [0.4, 0.5) is 11.4 Å². The van der Waals surface area contributed by atoms with Crippen LogP contribution in [0.1, 0.15) is 17.3 Å². The summed E-state index contributed by atoms with van der Waals surface area (Å²) in [5.74, 6) is 1.75. The largest absolute Gasteiger partial charge is 0.497 e. The molecule has 0 spiro atoms. The molecule has 3 aromatic carbocycles. The van der Waals surface area contributed by atoms with Gasteiger partial charge in [0.15, 0.2) is 0 Å². The number of esters is 1. The number of anilines is 2. The van der Waals surface area contributed by atoms with Gasteiger partial charge in [0, 0.05) is 19.1 Å². The van der Waals surface area contributed by atoms with Crippen molar-refractivity contribution in [3.8, 4) is 28.7 Å². The van der Waals surface area contributed by atoms with E-state index in [9.17, 15) is 9.59 Å². The number of nitrogen functional groups attached to an aromatic ring is 1. The second kappa shape index (κ2) is 12.6. The lowest BCUT2D eigenvalue weighted by atomic mass is 10.1. The zero-order valence-electron chi connectivity index (χ0n) is 19.7. The minimum atomic E-state index is -0.496. The van der Waals surface area contributed by atoms with Gasteiger partial charge < -0.3 is 34.7 Å². The highest BCUT2D eigenvalue weighted by Gasteiger charge is 2.16. The molecule has 0 saturated carbocycles. The summed E-state index contributed by atoms with van der Waals surface area (Å²) in [5.41, 5.74) is 6.89. The monoisotopic (exact) mass is 468 g/mol. The minimum Gasteiger partial charge on any atom is -0.497 e. The Balaban J connectivity index is 0.000000310. The average Bonchev–Trinajstić information content (AvgIpc) is 2.84. The van der Waals surface area contributed by atoms with E-state index in [4.69, 9.17) is 29.4 Å². The number of methoxy groups -OCH3 is 4. The first-order valence-corrected chi connectivity index (χ1v) is 10.1. The molecular weight excluding hydrogens is 440 g/mol. The van der Waals surface area contributed by atoms with Gasteiger partial charge >= 0.3 is 5.97 Å². The quantitative estimate of drug-likeness (QED) is 0.301. The van der Waals surface area contributed by atoms with Crippen molar-refractivity contribution in [2.75, 3.05) is 39.5 Å². The van der Waals surface area contributed by atoms with Gasteiger partial charge in [-0.25, -0.2) is 0 Å². The van der Waals surface area contributed by atoms with Crippen molar-refractivity contribution in [3.63, 3.8) is 0 Å². The second-order valence-corrected chi connectivity index (χ2v) is 6.72. The standard InChI is InChI=1S/C17H17NO5.C8H11NO2/c1-11(19)23-15-7-5-4-6-13(15)17(20)18-14-10-12(21-2)8-9-16(14)22-3;1-10-6-3-4-8(11-2)7(9)5-6/h4-10H,1-3H3,(H,18,20);3-5H,9H2,1-2H3. The molecule has 3 rings (SSSR count). The van der Waals surface area contributed by atoms with Gasteiger partial charge in [-0.3, -0.25) is 9.59 Å². The summed E-state index contributed by atoms with van der Waals surface area (Å²) < 4.78 is 25.3. The fourth-order valence-electron chi connectivity index (χ4n) is 2.84. The predicted molar refractivity (Wildman–Crippen MR) is 129 cm³/mol. The van der Waals surface area contributed by atoms with E-state index in [2.05, 4.69) is 5.32 Å². The number of para-hydroxylation sites is 1. The van der Waals surface area contributed by atoms with E-state index in [1.807, 2.05) is 0 Å². The third-order valence-electron chi connectivity index (χ3n) is 4.48. The number of amides is 1. The minimum absolute atomic E-state index is 0.194. The number of carbonyl (C=O) groups is 2. The van der Waals surface area contributed by atoms with Gasteiger partial charge in [-0.2, -0.15) is 0 Å². The molecule has 0 aromatic heterocycles. The zero-order valence-corrected chi connectivity index (χ0v) is 19.7. The molecule has 0 aliphatic rings. The van der Waals surface area contributed by atoms with E-state index >= 15 is 0 Å². The topological polar surface area (TPSA) is 118 Å². The molecule has 0 aliphatic heterocycles. The molecule has 34 heavy (non-hydrogen) atoms. The van der Waals surface area contributed by atoms with E-state index in [0.717, 1.165) is 5.75 Å². The maximum Gasteiger partial charge on any atom is 0.308 e. The lowest BCUT2D eigenvalue weighted by Crippen LogP contribution is -2.15. The van der Waals surface area contributed by atoms with Crippen LogP contribution < -0.4 is 34.7 Å². The van der Waals surface area contributed by atoms with Gasteiger partial charge in [-0.15, -0.1) is 0 Å². The first-order chi connectivity index (χ1) is 16.3. The Kier molecular flexibility index (Phi) is 9.57. The van der Waals surface area contributed by atoms with E-state index < -0.39 is 11.9 Å². The van der Waals surface area contributed by atoms with Gasteiger partial charge in [-0.1, -0.05) is 12.1 Å². The maximum atomic E-state index is 12.5. The Morgan fingerprint density at radius 1 is 0.735 bits per heavy atom. The molecular formula is C25H28N2O7. The number of nitrogens with two attached hydrogens (primary N) is 1. The number of carbonyl (C=O) groups excluding carboxylic acids is 2. The van der Waals surface area contributed by atoms with Crippen molar-refractivity contribution in [3.05, 3.63) is 66.2 Å². The molecule has 0 saturated heterocycles. The summed E-state index contributed by atoms with van der Waals surface area (Å²) in [6.45, 7) is 1.28. The predicted octanol–water partition coefficient (Wildman–Crippen LogP) is 4.17. The van der Waals surface area contributed by atoms with E-state index in [0.29, 0.717) is 28.6 Å². The molecule has 3 aromatic rings. The summed E-state index contributed by atoms with van der Waals surface area (Å²) >= 11 is 0. The Bertz CT molecular complexity index is 1130. The summed E-state index contributed by atoms with van der Waals surface area (Å²) in [7, 11) is 6.22. The summed E-state index contributed by atoms with van der Waals surface area (Å²) in [6.07, 6.45) is 0. The summed E-state index contributed by atoms with van der Waals surface area (Å²) in [4.78, 5) is 23.6. The van der Waals surface area contributed by atoms with Crippen molar-refractivity contribution in [2.45, 2.75) is 6.92 Å². The third kappa shape index (κ3) is 7.06. The molecule has 9 nitrogen and oxygen atoms in total. The molecule has 0 aliphatic carbocycles. The fourth-order valence-corrected chi connectivity index (χ4v) is 2.84. The number of rotatable bonds is 7. The Morgan fingerprint density at radius 3 is 1.88 bits per heavy atom. The molecule has 3 N–H and O–H groups in total. The van der Waals surface area contributed by atoms with Crippen molar-refractivity contribution >= 4 is 23.3 Å². The van der Waals surface area contributed by atoms with Crippen LogP contribution >= 0.6 is 0 Å². The van der Waals surface area contributed by atoms with E-state index in [1.165, 1.54) is 21.1 Å². The molecule has 0 radical (unpaired) electrons. The third-order valence-corrected chi connectivity index (χ3v) is 4.48. The van der Waals surface area contributed by atoms with Crippen LogP contribution in [0, 0.1) is 0 Å². The van der Waals surface area contributed by atoms with Crippen molar-refractivity contribution < 1.29 is 33.3 Å². The molecule has 0 fully saturated rings. The van der Waals surface area contributed by atoms with Gasteiger partial charge in [0.2, 0.25) is 0 Å². The number of nitrogens with one attached hydrogen (secondary N) is 1. The van der Waals surface area contributed by atoms with E-state index in [1.54, 1.807) is 74.9 Å². The van der Waals surface area contributed by atoms with Crippen LogP contribution in [0.3, 0.4) is 0 Å². The first-order valence-electron chi connectivity index (χ1n) is 10.1. The highest BCUT2D eigenvalue weighted by atomic mass is 16.5. The van der Waals surface area contributed by atoms with Crippen molar-refractivity contribution in [2.24, 2.45) is 0 Å². The van der Waals surface area contributed by atoms with E-state index in [-0.39, 0.29) is 11.3 Å². The zero-order chi connectivity index (χ0) is 25.1. The number of hydrogen-bond donors (Lipinski definition) is 2. The van der Waals surface area contributed by atoms with Crippen LogP contribution in [-0.4, -0.2) is 40.3 Å². The average molecular weight is 469 g/mol. The van der Waals surface area contributed by atoms with Gasteiger partial charge in [0.05, 0.1) is 45.4 Å². The summed E-state index contributed by atoms with van der Waals surface area (Å²) in [5, 5.41) is 2.73. The van der Waals surface area contributed by atoms with Crippen LogP contribution in [0.5, 0.6) is 28.7 Å². The highest BCUT2D eigenvalue weighted by molar-refractivity contribution is 6.07.